The summed E-state index contributed by atoms with van der Waals surface area (Å²) in [4.78, 5) is 3.31. The molecule has 1 N–H and O–H groups in total. The molecule has 0 amide bonds. The molecule has 0 unspecified atom stereocenters. The SMILES string of the molecule is CCc1ccc(-c2cc3cc(F)ccc3[nH]2)cc1. The number of aromatic amines is 1. The van der Waals surface area contributed by atoms with Crippen LogP contribution < -0.4 is 0 Å². The molecule has 0 aliphatic heterocycles. The van der Waals surface area contributed by atoms with Crippen molar-refractivity contribution in [2.24, 2.45) is 0 Å². The van der Waals surface area contributed by atoms with Gasteiger partial charge in [0.1, 0.15) is 5.82 Å². The first-order valence-corrected chi connectivity index (χ1v) is 6.14. The number of aryl methyl sites for hydroxylation is 1. The maximum Gasteiger partial charge on any atom is 0.123 e. The summed E-state index contributed by atoms with van der Waals surface area (Å²) in [6.45, 7) is 2.14. The van der Waals surface area contributed by atoms with E-state index in [0.29, 0.717) is 0 Å². The van der Waals surface area contributed by atoms with Crippen LogP contribution in [0.15, 0.2) is 48.5 Å². The number of H-pyrrole nitrogens is 1. The minimum absolute atomic E-state index is 0.200. The Kier molecular flexibility index (Phi) is 2.63. The Morgan fingerprint density at radius 1 is 1.00 bits per heavy atom. The largest absolute Gasteiger partial charge is 0.355 e. The summed E-state index contributed by atoms with van der Waals surface area (Å²) in [5, 5.41) is 0.907. The van der Waals surface area contributed by atoms with Gasteiger partial charge in [0.15, 0.2) is 0 Å². The Morgan fingerprint density at radius 2 is 1.78 bits per heavy atom. The van der Waals surface area contributed by atoms with Crippen molar-refractivity contribution in [2.45, 2.75) is 13.3 Å². The molecule has 1 aromatic heterocycles. The monoisotopic (exact) mass is 239 g/mol. The first-order chi connectivity index (χ1) is 8.76. The van der Waals surface area contributed by atoms with Crippen molar-refractivity contribution < 1.29 is 4.39 Å². The van der Waals surface area contributed by atoms with E-state index in [1.807, 2.05) is 6.07 Å². The summed E-state index contributed by atoms with van der Waals surface area (Å²) in [6.07, 6.45) is 1.04. The third kappa shape index (κ3) is 1.90. The van der Waals surface area contributed by atoms with Crippen LogP contribution in [-0.2, 0) is 6.42 Å². The Balaban J connectivity index is 2.07. The van der Waals surface area contributed by atoms with Crippen molar-refractivity contribution in [1.82, 2.24) is 4.98 Å². The molecule has 0 aliphatic rings. The molecule has 0 saturated heterocycles. The second-order valence-electron chi connectivity index (χ2n) is 4.47. The quantitative estimate of drug-likeness (QED) is 0.676. The molecule has 18 heavy (non-hydrogen) atoms. The smallest absolute Gasteiger partial charge is 0.123 e. The van der Waals surface area contributed by atoms with E-state index in [1.54, 1.807) is 12.1 Å². The number of halogens is 1. The van der Waals surface area contributed by atoms with Crippen molar-refractivity contribution in [3.05, 3.63) is 59.9 Å². The summed E-state index contributed by atoms with van der Waals surface area (Å²) in [7, 11) is 0. The van der Waals surface area contributed by atoms with Crippen molar-refractivity contribution in [3.8, 4) is 11.3 Å². The minimum Gasteiger partial charge on any atom is -0.355 e. The van der Waals surface area contributed by atoms with Gasteiger partial charge in [-0.15, -0.1) is 0 Å². The Labute approximate surface area is 105 Å². The average Bonchev–Trinajstić information content (AvgIpc) is 2.81. The average molecular weight is 239 g/mol. The number of fused-ring (bicyclic) bond motifs is 1. The van der Waals surface area contributed by atoms with E-state index >= 15 is 0 Å². The Bertz CT molecular complexity index is 680. The maximum absolute atomic E-state index is 13.1. The van der Waals surface area contributed by atoms with E-state index < -0.39 is 0 Å². The fourth-order valence-corrected chi connectivity index (χ4v) is 2.18. The third-order valence-corrected chi connectivity index (χ3v) is 3.26. The van der Waals surface area contributed by atoms with Gasteiger partial charge < -0.3 is 4.98 Å². The zero-order valence-corrected chi connectivity index (χ0v) is 10.2. The number of hydrogen-bond donors (Lipinski definition) is 1. The molecular weight excluding hydrogens is 225 g/mol. The van der Waals surface area contributed by atoms with Gasteiger partial charge in [-0.3, -0.25) is 0 Å². The molecule has 0 saturated carbocycles. The topological polar surface area (TPSA) is 15.8 Å². The lowest BCUT2D eigenvalue weighted by molar-refractivity contribution is 0.630. The van der Waals surface area contributed by atoms with Crippen LogP contribution in [0.2, 0.25) is 0 Å². The molecule has 0 aliphatic carbocycles. The van der Waals surface area contributed by atoms with Crippen LogP contribution in [0.1, 0.15) is 12.5 Å². The van der Waals surface area contributed by atoms with Gasteiger partial charge in [0, 0.05) is 16.6 Å². The standard InChI is InChI=1S/C16H14FN/c1-2-11-3-5-12(6-4-11)16-10-13-9-14(17)7-8-15(13)18-16/h3-10,18H,2H2,1H3. The number of aromatic nitrogens is 1. The van der Waals surface area contributed by atoms with Gasteiger partial charge in [0.05, 0.1) is 0 Å². The van der Waals surface area contributed by atoms with E-state index in [0.717, 1.165) is 28.6 Å². The lowest BCUT2D eigenvalue weighted by Gasteiger charge is -1.99. The van der Waals surface area contributed by atoms with Crippen LogP contribution in [0, 0.1) is 5.82 Å². The van der Waals surface area contributed by atoms with Gasteiger partial charge in [-0.05, 0) is 41.8 Å². The van der Waals surface area contributed by atoms with Crippen LogP contribution in [0.3, 0.4) is 0 Å². The van der Waals surface area contributed by atoms with Crippen LogP contribution in [0.4, 0.5) is 4.39 Å². The molecule has 0 radical (unpaired) electrons. The van der Waals surface area contributed by atoms with Crippen molar-refractivity contribution in [2.75, 3.05) is 0 Å². The summed E-state index contributed by atoms with van der Waals surface area (Å²) in [5.74, 6) is -0.200. The number of benzene rings is 2. The van der Waals surface area contributed by atoms with Crippen molar-refractivity contribution >= 4 is 10.9 Å². The zero-order chi connectivity index (χ0) is 12.5. The highest BCUT2D eigenvalue weighted by atomic mass is 19.1. The van der Waals surface area contributed by atoms with E-state index in [4.69, 9.17) is 0 Å². The molecule has 90 valence electrons. The molecule has 1 nitrogen and oxygen atoms in total. The fraction of sp³-hybridized carbons (Fsp3) is 0.125. The predicted octanol–water partition coefficient (Wildman–Crippen LogP) is 4.54. The fourth-order valence-electron chi connectivity index (χ4n) is 2.18. The Morgan fingerprint density at radius 3 is 2.50 bits per heavy atom. The number of rotatable bonds is 2. The molecule has 0 atom stereocenters. The Hall–Kier alpha value is -2.09. The van der Waals surface area contributed by atoms with Gasteiger partial charge in [-0.1, -0.05) is 31.2 Å². The molecule has 2 heteroatoms. The highest BCUT2D eigenvalue weighted by Crippen LogP contribution is 2.25. The highest BCUT2D eigenvalue weighted by Gasteiger charge is 2.04. The predicted molar refractivity (Wildman–Crippen MR) is 73.1 cm³/mol. The molecule has 2 aromatic carbocycles. The van der Waals surface area contributed by atoms with E-state index in [9.17, 15) is 4.39 Å². The van der Waals surface area contributed by atoms with Crippen LogP contribution >= 0.6 is 0 Å². The van der Waals surface area contributed by atoms with E-state index in [1.165, 1.54) is 11.6 Å². The summed E-state index contributed by atoms with van der Waals surface area (Å²) in [6, 6.07) is 15.2. The highest BCUT2D eigenvalue weighted by molar-refractivity contribution is 5.85. The van der Waals surface area contributed by atoms with E-state index in [-0.39, 0.29) is 5.82 Å². The second kappa shape index (κ2) is 4.30. The lowest BCUT2D eigenvalue weighted by Crippen LogP contribution is -1.81. The van der Waals surface area contributed by atoms with Gasteiger partial charge in [0.2, 0.25) is 0 Å². The van der Waals surface area contributed by atoms with E-state index in [2.05, 4.69) is 36.2 Å². The summed E-state index contributed by atoms with van der Waals surface area (Å²) in [5.41, 5.74) is 4.44. The van der Waals surface area contributed by atoms with Gasteiger partial charge in [0.25, 0.3) is 0 Å². The number of nitrogens with one attached hydrogen (secondary N) is 1. The zero-order valence-electron chi connectivity index (χ0n) is 10.2. The molecule has 1 heterocycles. The molecule has 3 rings (SSSR count). The first kappa shape index (κ1) is 11.0. The maximum atomic E-state index is 13.1. The van der Waals surface area contributed by atoms with Crippen molar-refractivity contribution in [3.63, 3.8) is 0 Å². The van der Waals surface area contributed by atoms with Gasteiger partial charge >= 0.3 is 0 Å². The molecular formula is C16H14FN. The molecule has 0 bridgehead atoms. The molecule has 0 fully saturated rings. The molecule has 3 aromatic rings. The van der Waals surface area contributed by atoms with Gasteiger partial charge in [-0.25, -0.2) is 4.39 Å². The first-order valence-electron chi connectivity index (χ1n) is 6.14. The molecule has 0 spiro atoms. The van der Waals surface area contributed by atoms with Gasteiger partial charge in [-0.2, -0.15) is 0 Å². The summed E-state index contributed by atoms with van der Waals surface area (Å²) >= 11 is 0. The minimum atomic E-state index is -0.200. The van der Waals surface area contributed by atoms with Crippen molar-refractivity contribution in [1.29, 1.82) is 0 Å². The lowest BCUT2D eigenvalue weighted by atomic mass is 10.1. The number of hydrogen-bond acceptors (Lipinski definition) is 0. The summed E-state index contributed by atoms with van der Waals surface area (Å²) < 4.78 is 13.1. The third-order valence-electron chi connectivity index (χ3n) is 3.26. The van der Waals surface area contributed by atoms with Crippen LogP contribution in [-0.4, -0.2) is 4.98 Å². The van der Waals surface area contributed by atoms with Crippen LogP contribution in [0.25, 0.3) is 22.2 Å². The van der Waals surface area contributed by atoms with Crippen LogP contribution in [0.5, 0.6) is 0 Å². The second-order valence-corrected chi connectivity index (χ2v) is 4.47. The normalized spacial score (nSPS) is 11.0.